The van der Waals surface area contributed by atoms with Gasteiger partial charge in [-0.2, -0.15) is 5.10 Å². The Hall–Kier alpha value is -2.97. The molecule has 1 aliphatic heterocycles. The molecule has 0 aliphatic carbocycles. The molecule has 3 aromatic carbocycles. The Kier molecular flexibility index (Phi) is 5.96. The van der Waals surface area contributed by atoms with Crippen LogP contribution in [-0.2, 0) is 6.54 Å². The van der Waals surface area contributed by atoms with Gasteiger partial charge in [-0.3, -0.25) is 20.0 Å². The van der Waals surface area contributed by atoms with Gasteiger partial charge in [-0.1, -0.05) is 56.1 Å². The van der Waals surface area contributed by atoms with Gasteiger partial charge < -0.3 is 0 Å². The minimum Gasteiger partial charge on any atom is -0.267 e. The lowest BCUT2D eigenvalue weighted by molar-refractivity contribution is 0.0869. The van der Waals surface area contributed by atoms with E-state index in [1.165, 1.54) is 0 Å². The van der Waals surface area contributed by atoms with E-state index in [-0.39, 0.29) is 11.8 Å². The molecule has 0 fully saturated rings. The summed E-state index contributed by atoms with van der Waals surface area (Å²) in [5.41, 5.74) is 8.32. The first-order valence-electron chi connectivity index (χ1n) is 9.07. The second kappa shape index (κ2) is 8.81. The summed E-state index contributed by atoms with van der Waals surface area (Å²) in [6.45, 7) is 0.450. The highest BCUT2D eigenvalue weighted by atomic mass is 79.9. The van der Waals surface area contributed by atoms with Gasteiger partial charge in [0.1, 0.15) is 0 Å². The third-order valence-electron chi connectivity index (χ3n) is 4.56. The Bertz CT molecular complexity index is 1130. The first-order valence-corrected chi connectivity index (χ1v) is 10.7. The van der Waals surface area contributed by atoms with Crippen molar-refractivity contribution < 1.29 is 9.59 Å². The molecule has 6 nitrogen and oxygen atoms in total. The van der Waals surface area contributed by atoms with Crippen molar-refractivity contribution in [3.05, 3.63) is 104 Å². The van der Waals surface area contributed by atoms with Gasteiger partial charge in [0.2, 0.25) is 0 Å². The van der Waals surface area contributed by atoms with Gasteiger partial charge in [0.15, 0.2) is 5.84 Å². The van der Waals surface area contributed by atoms with Gasteiger partial charge in [0, 0.05) is 25.6 Å². The topological polar surface area (TPSA) is 73.8 Å². The van der Waals surface area contributed by atoms with Crippen LogP contribution in [0, 0.1) is 0 Å². The molecule has 30 heavy (non-hydrogen) atoms. The van der Waals surface area contributed by atoms with Gasteiger partial charge >= 0.3 is 0 Å². The number of hydrogen-bond donors (Lipinski definition) is 2. The molecular formula is C22H16Br2N4O2. The predicted molar refractivity (Wildman–Crippen MR) is 122 cm³/mol. The van der Waals surface area contributed by atoms with Crippen molar-refractivity contribution in [1.29, 1.82) is 0 Å². The zero-order valence-electron chi connectivity index (χ0n) is 15.6. The van der Waals surface area contributed by atoms with Crippen molar-refractivity contribution in [2.75, 3.05) is 0 Å². The molecule has 0 bridgehead atoms. The Morgan fingerprint density at radius 2 is 1.37 bits per heavy atom. The molecule has 4 rings (SSSR count). The minimum absolute atomic E-state index is 0.262. The summed E-state index contributed by atoms with van der Waals surface area (Å²) in [6, 6.07) is 21.8. The SMILES string of the molecule is O=C(N/N=C1\c2ccccc2CN1NC(=O)c1ccc(Br)cc1)c1ccc(Br)cc1. The van der Waals surface area contributed by atoms with E-state index in [9.17, 15) is 9.59 Å². The first kappa shape index (κ1) is 20.3. The second-order valence-corrected chi connectivity index (χ2v) is 8.41. The second-order valence-electron chi connectivity index (χ2n) is 6.57. The third kappa shape index (κ3) is 4.44. The maximum Gasteiger partial charge on any atom is 0.271 e. The van der Waals surface area contributed by atoms with Crippen molar-refractivity contribution in [2.24, 2.45) is 5.10 Å². The highest BCUT2D eigenvalue weighted by Gasteiger charge is 2.27. The quantitative estimate of drug-likeness (QED) is 0.492. The van der Waals surface area contributed by atoms with E-state index in [1.807, 2.05) is 24.3 Å². The fourth-order valence-electron chi connectivity index (χ4n) is 3.04. The number of nitrogens with one attached hydrogen (secondary N) is 2. The van der Waals surface area contributed by atoms with Crippen LogP contribution in [0.4, 0.5) is 0 Å². The normalized spacial score (nSPS) is 13.8. The molecule has 8 heteroatoms. The van der Waals surface area contributed by atoms with Crippen LogP contribution in [0.15, 0.2) is 86.8 Å². The summed E-state index contributed by atoms with van der Waals surface area (Å²) in [7, 11) is 0. The molecule has 3 aromatic rings. The monoisotopic (exact) mass is 526 g/mol. The molecule has 2 amide bonds. The Morgan fingerprint density at radius 1 is 0.800 bits per heavy atom. The lowest BCUT2D eigenvalue weighted by atomic mass is 10.1. The number of amides is 2. The van der Waals surface area contributed by atoms with Crippen molar-refractivity contribution in [3.8, 4) is 0 Å². The number of rotatable bonds is 4. The fraction of sp³-hybridized carbons (Fsp3) is 0.0455. The molecule has 0 radical (unpaired) electrons. The molecule has 1 aliphatic rings. The van der Waals surface area contributed by atoms with Crippen LogP contribution in [0.25, 0.3) is 0 Å². The summed E-state index contributed by atoms with van der Waals surface area (Å²) in [5.74, 6) is -0.123. The average Bonchev–Trinajstić information content (AvgIpc) is 3.10. The number of fused-ring (bicyclic) bond motifs is 1. The number of benzene rings is 3. The van der Waals surface area contributed by atoms with Crippen LogP contribution in [0.5, 0.6) is 0 Å². The van der Waals surface area contributed by atoms with Gasteiger partial charge in [0.05, 0.1) is 6.54 Å². The Morgan fingerprint density at radius 3 is 2.00 bits per heavy atom. The first-order chi connectivity index (χ1) is 14.5. The number of amidine groups is 1. The highest BCUT2D eigenvalue weighted by Crippen LogP contribution is 2.22. The third-order valence-corrected chi connectivity index (χ3v) is 5.61. The molecule has 0 saturated carbocycles. The van der Waals surface area contributed by atoms with Crippen LogP contribution in [0.1, 0.15) is 31.8 Å². The zero-order chi connectivity index (χ0) is 21.1. The molecule has 0 unspecified atom stereocenters. The number of carbonyl (C=O) groups excluding carboxylic acids is 2. The summed E-state index contributed by atoms with van der Waals surface area (Å²) < 4.78 is 1.78. The number of nitrogens with zero attached hydrogens (tertiary/aromatic N) is 2. The van der Waals surface area contributed by atoms with Crippen LogP contribution in [-0.4, -0.2) is 22.7 Å². The van der Waals surface area contributed by atoms with E-state index in [0.717, 1.165) is 20.1 Å². The molecule has 0 aromatic heterocycles. The largest absolute Gasteiger partial charge is 0.271 e. The van der Waals surface area contributed by atoms with Gasteiger partial charge in [-0.15, -0.1) is 0 Å². The van der Waals surface area contributed by atoms with Crippen LogP contribution >= 0.6 is 31.9 Å². The van der Waals surface area contributed by atoms with Crippen LogP contribution in [0.3, 0.4) is 0 Å². The molecular weight excluding hydrogens is 512 g/mol. The van der Waals surface area contributed by atoms with Gasteiger partial charge in [0.25, 0.3) is 11.8 Å². The lowest BCUT2D eigenvalue weighted by Gasteiger charge is -2.20. The van der Waals surface area contributed by atoms with Crippen LogP contribution < -0.4 is 10.9 Å². The van der Waals surface area contributed by atoms with Crippen molar-refractivity contribution in [3.63, 3.8) is 0 Å². The van der Waals surface area contributed by atoms with E-state index in [2.05, 4.69) is 47.8 Å². The molecule has 0 atom stereocenters. The van der Waals surface area contributed by atoms with Gasteiger partial charge in [-0.25, -0.2) is 5.43 Å². The average molecular weight is 528 g/mol. The smallest absolute Gasteiger partial charge is 0.267 e. The molecule has 0 saturated heterocycles. The standard InChI is InChI=1S/C22H16Br2N4O2/c23-17-9-5-14(6-10-17)21(29)26-25-20-19-4-2-1-3-16(19)13-28(20)27-22(30)15-7-11-18(24)12-8-15/h1-12H,13H2,(H,26,29)(H,27,30)/b25-20+. The zero-order valence-corrected chi connectivity index (χ0v) is 18.8. The van der Waals surface area contributed by atoms with E-state index in [1.54, 1.807) is 53.5 Å². The maximum absolute atomic E-state index is 12.7. The van der Waals surface area contributed by atoms with Crippen molar-refractivity contribution in [1.82, 2.24) is 15.9 Å². The number of hydrazine groups is 1. The lowest BCUT2D eigenvalue weighted by Crippen LogP contribution is -2.43. The fourth-order valence-corrected chi connectivity index (χ4v) is 3.57. The maximum atomic E-state index is 12.7. The Balaban J connectivity index is 1.56. The number of hydrogen-bond acceptors (Lipinski definition) is 3. The highest BCUT2D eigenvalue weighted by molar-refractivity contribution is 9.10. The van der Waals surface area contributed by atoms with E-state index in [4.69, 9.17) is 0 Å². The predicted octanol–water partition coefficient (Wildman–Crippen LogP) is 4.46. The van der Waals surface area contributed by atoms with Gasteiger partial charge in [-0.05, 0) is 54.1 Å². The summed E-state index contributed by atoms with van der Waals surface area (Å²) >= 11 is 6.72. The Labute approximate surface area is 190 Å². The number of halogens is 2. The summed E-state index contributed by atoms with van der Waals surface area (Å²) in [5, 5.41) is 5.95. The molecule has 150 valence electrons. The molecule has 0 spiro atoms. The van der Waals surface area contributed by atoms with E-state index in [0.29, 0.717) is 23.5 Å². The summed E-state index contributed by atoms with van der Waals surface area (Å²) in [6.07, 6.45) is 0. The molecule has 1 heterocycles. The molecule has 2 N–H and O–H groups in total. The summed E-state index contributed by atoms with van der Waals surface area (Å²) in [4.78, 5) is 25.1. The van der Waals surface area contributed by atoms with E-state index < -0.39 is 0 Å². The van der Waals surface area contributed by atoms with Crippen LogP contribution in [0.2, 0.25) is 0 Å². The number of hydrazone groups is 1. The van der Waals surface area contributed by atoms with E-state index >= 15 is 0 Å². The van der Waals surface area contributed by atoms with Crippen molar-refractivity contribution in [2.45, 2.75) is 6.54 Å². The number of carbonyl (C=O) groups is 2. The van der Waals surface area contributed by atoms with Crippen molar-refractivity contribution >= 4 is 49.5 Å². The minimum atomic E-state index is -0.335.